The Labute approximate surface area is 69.2 Å². The monoisotopic (exact) mass is 168 g/mol. The van der Waals surface area contributed by atoms with E-state index in [1.165, 1.54) is 11.8 Å². The molecule has 0 aromatic heterocycles. The third kappa shape index (κ3) is 1.54. The van der Waals surface area contributed by atoms with Gasteiger partial charge >= 0.3 is 0 Å². The molecule has 0 radical (unpaired) electrons. The molecular weight excluding hydrogens is 160 g/mol. The third-order valence-corrected chi connectivity index (χ3v) is 2.21. The number of hydrogen-bond acceptors (Lipinski definition) is 3. The van der Waals surface area contributed by atoms with E-state index in [0.29, 0.717) is 10.5 Å². The van der Waals surface area contributed by atoms with E-state index in [9.17, 15) is 9.90 Å². The zero-order valence-corrected chi connectivity index (χ0v) is 6.89. The second kappa shape index (κ2) is 3.44. The molecule has 0 saturated carbocycles. The first-order valence-corrected chi connectivity index (χ1v) is 4.33. The van der Waals surface area contributed by atoms with Crippen LogP contribution in [0.2, 0.25) is 0 Å². The van der Waals surface area contributed by atoms with Crippen molar-refractivity contribution in [1.82, 2.24) is 0 Å². The van der Waals surface area contributed by atoms with Gasteiger partial charge in [-0.25, -0.2) is 0 Å². The minimum Gasteiger partial charge on any atom is -0.507 e. The highest BCUT2D eigenvalue weighted by atomic mass is 32.2. The van der Waals surface area contributed by atoms with Crippen molar-refractivity contribution in [2.45, 2.75) is 4.90 Å². The molecule has 0 fully saturated rings. The molecule has 0 saturated heterocycles. The predicted molar refractivity (Wildman–Crippen MR) is 45.3 cm³/mol. The number of carbonyl (C=O) groups is 1. The molecule has 11 heavy (non-hydrogen) atoms. The van der Waals surface area contributed by atoms with Crippen molar-refractivity contribution in [3.05, 3.63) is 23.8 Å². The van der Waals surface area contributed by atoms with Gasteiger partial charge in [0.1, 0.15) is 5.75 Å². The van der Waals surface area contributed by atoms with Gasteiger partial charge in [-0.2, -0.15) is 0 Å². The molecule has 2 nitrogen and oxygen atoms in total. The summed E-state index contributed by atoms with van der Waals surface area (Å²) in [5.41, 5.74) is 0.539. The minimum absolute atomic E-state index is 0.169. The lowest BCUT2D eigenvalue weighted by Gasteiger charge is -2.01. The summed E-state index contributed by atoms with van der Waals surface area (Å²) in [5, 5.41) is 9.24. The van der Waals surface area contributed by atoms with E-state index in [4.69, 9.17) is 0 Å². The lowest BCUT2D eigenvalue weighted by Crippen LogP contribution is -1.83. The summed E-state index contributed by atoms with van der Waals surface area (Å²) in [7, 11) is 0. The zero-order valence-electron chi connectivity index (χ0n) is 6.07. The van der Waals surface area contributed by atoms with Crippen LogP contribution in [-0.4, -0.2) is 17.6 Å². The number of phenolic OH excluding ortho intramolecular Hbond substituents is 1. The van der Waals surface area contributed by atoms with Gasteiger partial charge < -0.3 is 5.11 Å². The molecule has 0 aliphatic heterocycles. The van der Waals surface area contributed by atoms with Crippen molar-refractivity contribution >= 4 is 18.0 Å². The van der Waals surface area contributed by atoms with Gasteiger partial charge in [0, 0.05) is 5.56 Å². The van der Waals surface area contributed by atoms with Crippen LogP contribution in [0.3, 0.4) is 0 Å². The molecule has 3 heteroatoms. The molecule has 0 heterocycles. The summed E-state index contributed by atoms with van der Waals surface area (Å²) in [6.07, 6.45) is 2.56. The molecule has 1 aromatic rings. The fourth-order valence-corrected chi connectivity index (χ4v) is 1.49. The minimum atomic E-state index is 0.169. The maximum absolute atomic E-state index is 10.4. The Hall–Kier alpha value is -0.960. The summed E-state index contributed by atoms with van der Waals surface area (Å²) >= 11 is 1.37. The van der Waals surface area contributed by atoms with Crippen LogP contribution in [0, 0.1) is 0 Å². The fourth-order valence-electron chi connectivity index (χ4n) is 0.857. The number of carbonyl (C=O) groups excluding carboxylic acids is 1. The van der Waals surface area contributed by atoms with Gasteiger partial charge in [-0.05, 0) is 12.3 Å². The number of thioether (sulfide) groups is 1. The molecule has 58 valence electrons. The van der Waals surface area contributed by atoms with Gasteiger partial charge in [0.2, 0.25) is 0 Å². The standard InChI is InChI=1S/C8H8O2S/c1-11-8-6(5-9)3-2-4-7(8)10/h2-5,10H,1H3. The molecule has 1 aromatic carbocycles. The maximum atomic E-state index is 10.4. The van der Waals surface area contributed by atoms with Crippen molar-refractivity contribution in [3.8, 4) is 5.75 Å². The van der Waals surface area contributed by atoms with Crippen molar-refractivity contribution in [1.29, 1.82) is 0 Å². The van der Waals surface area contributed by atoms with Gasteiger partial charge in [-0.15, -0.1) is 11.8 Å². The van der Waals surface area contributed by atoms with Gasteiger partial charge in [-0.3, -0.25) is 4.79 Å². The highest BCUT2D eigenvalue weighted by molar-refractivity contribution is 7.98. The molecule has 0 unspecified atom stereocenters. The topological polar surface area (TPSA) is 37.3 Å². The van der Waals surface area contributed by atoms with Crippen molar-refractivity contribution < 1.29 is 9.90 Å². The van der Waals surface area contributed by atoms with E-state index in [-0.39, 0.29) is 5.75 Å². The van der Waals surface area contributed by atoms with E-state index in [0.717, 1.165) is 6.29 Å². The van der Waals surface area contributed by atoms with Gasteiger partial charge in [0.05, 0.1) is 4.90 Å². The van der Waals surface area contributed by atoms with Crippen LogP contribution < -0.4 is 0 Å². The summed E-state index contributed by atoms with van der Waals surface area (Å²) < 4.78 is 0. The largest absolute Gasteiger partial charge is 0.507 e. The Morgan fingerprint density at radius 2 is 2.27 bits per heavy atom. The molecule has 0 aliphatic rings. The third-order valence-electron chi connectivity index (χ3n) is 1.36. The zero-order chi connectivity index (χ0) is 8.27. The SMILES string of the molecule is CSc1c(O)cccc1C=O. The molecule has 1 rings (SSSR count). The van der Waals surface area contributed by atoms with Crippen molar-refractivity contribution in [3.63, 3.8) is 0 Å². The number of phenols is 1. The molecule has 0 amide bonds. The van der Waals surface area contributed by atoms with Crippen molar-refractivity contribution in [2.75, 3.05) is 6.26 Å². The van der Waals surface area contributed by atoms with E-state index in [1.54, 1.807) is 18.2 Å². The summed E-state index contributed by atoms with van der Waals surface area (Å²) in [6.45, 7) is 0. The number of aromatic hydroxyl groups is 1. The maximum Gasteiger partial charge on any atom is 0.151 e. The molecular formula is C8H8O2S. The first kappa shape index (κ1) is 8.14. The number of benzene rings is 1. The predicted octanol–water partition coefficient (Wildman–Crippen LogP) is 1.93. The summed E-state index contributed by atoms with van der Waals surface area (Å²) in [6, 6.07) is 4.90. The van der Waals surface area contributed by atoms with Gasteiger partial charge in [0.25, 0.3) is 0 Å². The number of rotatable bonds is 2. The lowest BCUT2D eigenvalue weighted by atomic mass is 10.2. The van der Waals surface area contributed by atoms with Crippen LogP contribution in [0.25, 0.3) is 0 Å². The van der Waals surface area contributed by atoms with Crippen LogP contribution >= 0.6 is 11.8 Å². The Bertz CT molecular complexity index is 271. The average molecular weight is 168 g/mol. The Balaban J connectivity index is 3.23. The second-order valence-electron chi connectivity index (χ2n) is 2.02. The molecule has 0 bridgehead atoms. The van der Waals surface area contributed by atoms with E-state index in [1.807, 2.05) is 6.26 Å². The Morgan fingerprint density at radius 3 is 2.73 bits per heavy atom. The molecule has 1 N–H and O–H groups in total. The summed E-state index contributed by atoms with van der Waals surface area (Å²) in [5.74, 6) is 0.169. The highest BCUT2D eigenvalue weighted by Crippen LogP contribution is 2.28. The van der Waals surface area contributed by atoms with Crippen LogP contribution in [0.5, 0.6) is 5.75 Å². The first-order chi connectivity index (χ1) is 5.29. The van der Waals surface area contributed by atoms with Crippen LogP contribution in [0.1, 0.15) is 10.4 Å². The first-order valence-electron chi connectivity index (χ1n) is 3.10. The second-order valence-corrected chi connectivity index (χ2v) is 2.83. The Morgan fingerprint density at radius 1 is 1.55 bits per heavy atom. The molecule has 0 aliphatic carbocycles. The van der Waals surface area contributed by atoms with Crippen LogP contribution in [0.15, 0.2) is 23.1 Å². The average Bonchev–Trinajstić information content (AvgIpc) is 2.04. The lowest BCUT2D eigenvalue weighted by molar-refractivity contribution is 0.112. The van der Waals surface area contributed by atoms with Crippen LogP contribution in [0.4, 0.5) is 0 Å². The Kier molecular flexibility index (Phi) is 2.54. The van der Waals surface area contributed by atoms with Gasteiger partial charge in [0.15, 0.2) is 6.29 Å². The molecule has 0 spiro atoms. The van der Waals surface area contributed by atoms with Crippen molar-refractivity contribution in [2.24, 2.45) is 0 Å². The molecule has 0 atom stereocenters. The van der Waals surface area contributed by atoms with E-state index in [2.05, 4.69) is 0 Å². The number of aldehydes is 1. The quantitative estimate of drug-likeness (QED) is 0.541. The summed E-state index contributed by atoms with van der Waals surface area (Å²) in [4.78, 5) is 11.1. The van der Waals surface area contributed by atoms with Gasteiger partial charge in [-0.1, -0.05) is 12.1 Å². The highest BCUT2D eigenvalue weighted by Gasteiger charge is 2.03. The number of hydrogen-bond donors (Lipinski definition) is 1. The van der Waals surface area contributed by atoms with Crippen LogP contribution in [-0.2, 0) is 0 Å². The fraction of sp³-hybridized carbons (Fsp3) is 0.125. The van der Waals surface area contributed by atoms with E-state index >= 15 is 0 Å². The smallest absolute Gasteiger partial charge is 0.151 e. The normalized spacial score (nSPS) is 9.55. The van der Waals surface area contributed by atoms with E-state index < -0.39 is 0 Å².